The minimum Gasteiger partial charge on any atom is -0.258 e. The Balaban J connectivity index is 1.56. The van der Waals surface area contributed by atoms with Crippen molar-refractivity contribution in [3.63, 3.8) is 0 Å². The second-order valence-electron chi connectivity index (χ2n) is 11.2. The lowest BCUT2D eigenvalue weighted by Gasteiger charge is -2.20. The van der Waals surface area contributed by atoms with E-state index in [-0.39, 0.29) is 0 Å². The summed E-state index contributed by atoms with van der Waals surface area (Å²) in [6, 6.07) is 13.1. The molecule has 0 amide bonds. The van der Waals surface area contributed by atoms with Gasteiger partial charge in [0, 0.05) is 47.0 Å². The number of benzene rings is 4. The molecule has 4 aromatic heterocycles. The van der Waals surface area contributed by atoms with Gasteiger partial charge in [-0.05, 0) is 72.1 Å². The molecule has 0 spiro atoms. The first-order valence-corrected chi connectivity index (χ1v) is 14.4. The number of hydrogen-bond donors (Lipinski definition) is 0. The van der Waals surface area contributed by atoms with Crippen molar-refractivity contribution in [1.82, 2.24) is 39.9 Å². The van der Waals surface area contributed by atoms with Crippen molar-refractivity contribution >= 4 is 32.3 Å². The summed E-state index contributed by atoms with van der Waals surface area (Å²) >= 11 is 0. The zero-order chi connectivity index (χ0) is 29.9. The molecule has 44 heavy (non-hydrogen) atoms. The van der Waals surface area contributed by atoms with Crippen LogP contribution in [0.1, 0.15) is 22.8 Å². The smallest absolute Gasteiger partial charge is 0.0891 e. The molecule has 0 saturated heterocycles. The van der Waals surface area contributed by atoms with Gasteiger partial charge in [0.05, 0.1) is 70.3 Å². The van der Waals surface area contributed by atoms with Crippen LogP contribution >= 0.6 is 0 Å². The van der Waals surface area contributed by atoms with Gasteiger partial charge < -0.3 is 0 Å². The third-order valence-electron chi connectivity index (χ3n) is 8.13. The second kappa shape index (κ2) is 9.91. The van der Waals surface area contributed by atoms with Crippen molar-refractivity contribution in [1.29, 1.82) is 0 Å². The topological polar surface area (TPSA) is 103 Å². The van der Waals surface area contributed by atoms with E-state index in [1.807, 2.05) is 52.5 Å². The maximum absolute atomic E-state index is 4.79. The van der Waals surface area contributed by atoms with Crippen LogP contribution in [0.25, 0.3) is 77.3 Å². The molecule has 0 bridgehead atoms. The van der Waals surface area contributed by atoms with Crippen molar-refractivity contribution in [2.45, 2.75) is 27.7 Å². The molecule has 0 aliphatic carbocycles. The predicted octanol–water partition coefficient (Wildman–Crippen LogP) is 7.65. The minimum absolute atomic E-state index is 0.795. The Morgan fingerprint density at radius 1 is 0.318 bits per heavy atom. The van der Waals surface area contributed by atoms with E-state index in [2.05, 4.69) is 56.3 Å². The monoisotopic (exact) mass is 570 g/mol. The van der Waals surface area contributed by atoms with Crippen molar-refractivity contribution in [3.8, 4) is 45.0 Å². The third kappa shape index (κ3) is 4.14. The van der Waals surface area contributed by atoms with E-state index in [1.165, 1.54) is 0 Å². The molecule has 210 valence electrons. The highest BCUT2D eigenvalue weighted by molar-refractivity contribution is 6.31. The van der Waals surface area contributed by atoms with Crippen LogP contribution in [0.4, 0.5) is 0 Å². The molecule has 4 aromatic carbocycles. The largest absolute Gasteiger partial charge is 0.258 e. The fourth-order valence-electron chi connectivity index (χ4n) is 5.97. The number of aromatic nitrogens is 8. The van der Waals surface area contributed by atoms with Crippen LogP contribution in [-0.2, 0) is 0 Å². The number of nitrogens with zero attached hydrogens (tertiary/aromatic N) is 8. The second-order valence-corrected chi connectivity index (χ2v) is 11.2. The summed E-state index contributed by atoms with van der Waals surface area (Å²) < 4.78 is 0. The number of rotatable bonds is 4. The Morgan fingerprint density at radius 3 is 0.773 bits per heavy atom. The van der Waals surface area contributed by atoms with Crippen molar-refractivity contribution in [2.24, 2.45) is 0 Å². The highest BCUT2D eigenvalue weighted by Crippen LogP contribution is 2.47. The first-order chi connectivity index (χ1) is 21.4. The lowest BCUT2D eigenvalue weighted by Crippen LogP contribution is -1.98. The lowest BCUT2D eigenvalue weighted by atomic mass is 9.84. The van der Waals surface area contributed by atoms with Crippen LogP contribution in [-0.4, -0.2) is 39.9 Å². The molecule has 0 atom stereocenters. The molecule has 8 aromatic rings. The first-order valence-electron chi connectivity index (χ1n) is 14.4. The molecular formula is C36H26N8. The summed E-state index contributed by atoms with van der Waals surface area (Å²) in [4.78, 5) is 37.5. The normalized spacial score (nSPS) is 11.6. The van der Waals surface area contributed by atoms with E-state index >= 15 is 0 Å². The van der Waals surface area contributed by atoms with Gasteiger partial charge in [-0.25, -0.2) is 0 Å². The van der Waals surface area contributed by atoms with Gasteiger partial charge >= 0.3 is 0 Å². The highest BCUT2D eigenvalue weighted by Gasteiger charge is 2.22. The highest BCUT2D eigenvalue weighted by atomic mass is 14.8. The van der Waals surface area contributed by atoms with Crippen LogP contribution in [0.15, 0.2) is 86.0 Å². The average molecular weight is 571 g/mol. The van der Waals surface area contributed by atoms with Gasteiger partial charge in [0.1, 0.15) is 0 Å². The fraction of sp³-hybridized carbons (Fsp3) is 0.111. The molecular weight excluding hydrogens is 544 g/mol. The van der Waals surface area contributed by atoms with E-state index < -0.39 is 0 Å². The first kappa shape index (κ1) is 25.9. The summed E-state index contributed by atoms with van der Waals surface area (Å²) in [5.74, 6) is 0. The SMILES string of the molecule is Cc1cnc(-c2cc(-c3cnc(C)cn3)c3ccc4c(-c5cnc(C)cn5)cc(-c5cnc(C)cn5)c5ccc2c3c54)cn1. The molecule has 0 saturated carbocycles. The van der Waals surface area contributed by atoms with Crippen molar-refractivity contribution < 1.29 is 0 Å². The molecule has 0 aliphatic rings. The summed E-state index contributed by atoms with van der Waals surface area (Å²) in [7, 11) is 0. The van der Waals surface area contributed by atoms with Crippen molar-refractivity contribution in [3.05, 3.63) is 109 Å². The van der Waals surface area contributed by atoms with Crippen LogP contribution < -0.4 is 0 Å². The van der Waals surface area contributed by atoms with Gasteiger partial charge in [0.15, 0.2) is 0 Å². The molecule has 8 rings (SSSR count). The molecule has 8 heteroatoms. The third-order valence-corrected chi connectivity index (χ3v) is 8.13. The Kier molecular flexibility index (Phi) is 5.84. The maximum atomic E-state index is 4.79. The number of aryl methyl sites for hydroxylation is 4. The maximum Gasteiger partial charge on any atom is 0.0891 e. The molecule has 0 N–H and O–H groups in total. The van der Waals surface area contributed by atoms with Crippen molar-refractivity contribution in [2.75, 3.05) is 0 Å². The van der Waals surface area contributed by atoms with E-state index in [0.717, 1.165) is 100 Å². The minimum atomic E-state index is 0.795. The van der Waals surface area contributed by atoms with Crippen LogP contribution in [0, 0.1) is 27.7 Å². The predicted molar refractivity (Wildman–Crippen MR) is 173 cm³/mol. The Hall–Kier alpha value is -5.76. The van der Waals surface area contributed by atoms with Crippen LogP contribution in [0.3, 0.4) is 0 Å². The van der Waals surface area contributed by atoms with E-state index in [1.54, 1.807) is 24.8 Å². The van der Waals surface area contributed by atoms with Gasteiger partial charge in [-0.2, -0.15) is 0 Å². The average Bonchev–Trinajstić information content (AvgIpc) is 3.05. The molecule has 0 aliphatic heterocycles. The molecule has 4 heterocycles. The van der Waals surface area contributed by atoms with Crippen LogP contribution in [0.5, 0.6) is 0 Å². The summed E-state index contributed by atoms with van der Waals surface area (Å²) in [6.45, 7) is 7.77. The Bertz CT molecular complexity index is 2000. The summed E-state index contributed by atoms with van der Waals surface area (Å²) in [5.41, 5.74) is 10.6. The zero-order valence-electron chi connectivity index (χ0n) is 24.7. The zero-order valence-corrected chi connectivity index (χ0v) is 24.7. The molecule has 0 unspecified atom stereocenters. The Morgan fingerprint density at radius 2 is 0.568 bits per heavy atom. The van der Waals surface area contributed by atoms with Gasteiger partial charge in [-0.15, -0.1) is 0 Å². The molecule has 0 radical (unpaired) electrons. The fourth-order valence-corrected chi connectivity index (χ4v) is 5.97. The summed E-state index contributed by atoms with van der Waals surface area (Å²) in [5, 5.41) is 6.53. The molecule has 0 fully saturated rings. The van der Waals surface area contributed by atoms with Crippen LogP contribution in [0.2, 0.25) is 0 Å². The molecule has 8 nitrogen and oxygen atoms in total. The van der Waals surface area contributed by atoms with E-state index in [0.29, 0.717) is 0 Å². The van der Waals surface area contributed by atoms with Gasteiger partial charge in [-0.1, -0.05) is 24.3 Å². The van der Waals surface area contributed by atoms with E-state index in [9.17, 15) is 0 Å². The Labute approximate surface area is 253 Å². The van der Waals surface area contributed by atoms with Gasteiger partial charge in [0.25, 0.3) is 0 Å². The number of hydrogen-bond acceptors (Lipinski definition) is 8. The van der Waals surface area contributed by atoms with E-state index in [4.69, 9.17) is 19.9 Å². The standard InChI is InChI=1S/C36H26N8/c1-19-11-41-31(15-37-19)27-9-28(32-16-38-20(2)12-42-32)24-7-8-26-30(34-18-40-22(4)14-44-34)10-29(33-17-39-21(3)13-43-33)25-6-5-23(27)35(24)36(25)26/h5-18H,1-4H3. The van der Waals surface area contributed by atoms with Gasteiger partial charge in [0.2, 0.25) is 0 Å². The lowest BCUT2D eigenvalue weighted by molar-refractivity contribution is 1.12. The summed E-state index contributed by atoms with van der Waals surface area (Å²) in [6.07, 6.45) is 14.6. The quantitative estimate of drug-likeness (QED) is 0.199. The van der Waals surface area contributed by atoms with Gasteiger partial charge in [-0.3, -0.25) is 39.9 Å².